The van der Waals surface area contributed by atoms with Crippen molar-refractivity contribution >= 4 is 34.7 Å². The quantitative estimate of drug-likeness (QED) is 0.545. The molecule has 1 unspecified atom stereocenters. The average molecular weight is 314 g/mol. The van der Waals surface area contributed by atoms with Crippen molar-refractivity contribution in [2.75, 3.05) is 6.26 Å². The Labute approximate surface area is 127 Å². The Hall–Kier alpha value is -0.710. The van der Waals surface area contributed by atoms with Gasteiger partial charge in [-0.3, -0.25) is 0 Å². The molecule has 2 aromatic rings. The molecule has 1 aromatic carbocycles. The lowest BCUT2D eigenvalue weighted by Gasteiger charge is -2.15. The lowest BCUT2D eigenvalue weighted by Crippen LogP contribution is -2.06. The monoisotopic (exact) mass is 313 g/mol. The Kier molecular flexibility index (Phi) is 5.55. The molecule has 0 amide bonds. The number of halogens is 1. The first-order valence-corrected chi connectivity index (χ1v) is 8.71. The topological polar surface area (TPSA) is 22.1 Å². The van der Waals surface area contributed by atoms with E-state index in [9.17, 15) is 0 Å². The molecule has 0 N–H and O–H groups in total. The van der Waals surface area contributed by atoms with E-state index in [2.05, 4.69) is 30.3 Å². The van der Waals surface area contributed by atoms with Crippen LogP contribution in [0.1, 0.15) is 30.2 Å². The second-order valence-electron chi connectivity index (χ2n) is 4.00. The van der Waals surface area contributed by atoms with Gasteiger partial charge >= 0.3 is 0 Å². The fourth-order valence-electron chi connectivity index (χ4n) is 1.66. The number of hydrogen-bond donors (Lipinski definition) is 0. The lowest BCUT2D eigenvalue weighted by molar-refractivity contribution is 0.200. The first kappa shape index (κ1) is 14.7. The Balaban J connectivity index is 2.09. The number of thiazole rings is 1. The number of rotatable bonds is 6. The van der Waals surface area contributed by atoms with E-state index in [0.717, 1.165) is 22.9 Å². The van der Waals surface area contributed by atoms with Gasteiger partial charge in [0, 0.05) is 10.3 Å². The third kappa shape index (κ3) is 3.88. The summed E-state index contributed by atoms with van der Waals surface area (Å²) in [6.07, 6.45) is 2.95. The molecule has 0 saturated heterocycles. The van der Waals surface area contributed by atoms with Gasteiger partial charge in [0.25, 0.3) is 0 Å². The normalized spacial score (nSPS) is 12.4. The number of aromatic nitrogens is 1. The van der Waals surface area contributed by atoms with E-state index in [4.69, 9.17) is 16.3 Å². The minimum atomic E-state index is 0.00194. The molecule has 2 nitrogen and oxygen atoms in total. The van der Waals surface area contributed by atoms with Gasteiger partial charge in [-0.05, 0) is 36.9 Å². The molecule has 0 aliphatic rings. The summed E-state index contributed by atoms with van der Waals surface area (Å²) in [5, 5.41) is 2.98. The van der Waals surface area contributed by atoms with Gasteiger partial charge in [-0.15, -0.1) is 34.7 Å². The van der Waals surface area contributed by atoms with E-state index in [1.165, 1.54) is 4.90 Å². The molecule has 1 heterocycles. The highest BCUT2D eigenvalue weighted by atomic mass is 35.5. The van der Waals surface area contributed by atoms with Crippen LogP contribution < -0.4 is 4.74 Å². The van der Waals surface area contributed by atoms with Crippen LogP contribution >= 0.6 is 34.7 Å². The molecule has 5 heteroatoms. The molecule has 0 fully saturated rings. The maximum atomic E-state index is 6.00. The number of hydrogen-bond acceptors (Lipinski definition) is 4. The zero-order valence-electron chi connectivity index (χ0n) is 10.9. The summed E-state index contributed by atoms with van der Waals surface area (Å²) in [4.78, 5) is 5.72. The van der Waals surface area contributed by atoms with Crippen molar-refractivity contribution in [3.63, 3.8) is 0 Å². The number of ether oxygens (including phenoxy) is 1. The van der Waals surface area contributed by atoms with E-state index in [-0.39, 0.29) is 6.10 Å². The Morgan fingerprint density at radius 3 is 2.63 bits per heavy atom. The maximum absolute atomic E-state index is 6.00. The van der Waals surface area contributed by atoms with Crippen molar-refractivity contribution in [1.29, 1.82) is 0 Å². The van der Waals surface area contributed by atoms with Gasteiger partial charge in [0.1, 0.15) is 16.9 Å². The molecular formula is C14H16ClNOS2. The Bertz CT molecular complexity index is 512. The third-order valence-corrected chi connectivity index (χ3v) is 4.69. The van der Waals surface area contributed by atoms with Gasteiger partial charge < -0.3 is 4.74 Å². The fourth-order valence-corrected chi connectivity index (χ4v) is 3.22. The summed E-state index contributed by atoms with van der Waals surface area (Å²) in [5.74, 6) is 1.34. The lowest BCUT2D eigenvalue weighted by atomic mass is 10.3. The Morgan fingerprint density at radius 1 is 1.37 bits per heavy atom. The van der Waals surface area contributed by atoms with Crippen molar-refractivity contribution in [1.82, 2.24) is 4.98 Å². The number of thioether (sulfide) groups is 1. The van der Waals surface area contributed by atoms with Gasteiger partial charge in [-0.25, -0.2) is 4.98 Å². The van der Waals surface area contributed by atoms with Crippen molar-refractivity contribution in [2.24, 2.45) is 0 Å². The largest absolute Gasteiger partial charge is 0.483 e. The van der Waals surface area contributed by atoms with Crippen LogP contribution in [0.4, 0.5) is 0 Å². The molecule has 1 atom stereocenters. The molecule has 1 aromatic heterocycles. The summed E-state index contributed by atoms with van der Waals surface area (Å²) in [6.45, 7) is 2.10. The second-order valence-corrected chi connectivity index (χ2v) is 6.04. The number of alkyl halides is 1. The SMILES string of the molecule is CCC(Oc1ccc(SC)cc1)c1nc(CCl)cs1. The standard InChI is InChI=1S/C14H16ClNOS2/c1-3-13(14-16-10(8-15)9-19-14)17-11-4-6-12(18-2)7-5-11/h4-7,9,13H,3,8H2,1-2H3. The van der Waals surface area contributed by atoms with Gasteiger partial charge in [0.05, 0.1) is 11.6 Å². The molecule has 0 saturated carbocycles. The predicted octanol–water partition coefficient (Wildman–Crippen LogP) is 5.13. The highest BCUT2D eigenvalue weighted by Crippen LogP contribution is 2.28. The van der Waals surface area contributed by atoms with Gasteiger partial charge in [-0.1, -0.05) is 6.92 Å². The number of benzene rings is 1. The van der Waals surface area contributed by atoms with E-state index in [1.807, 2.05) is 17.5 Å². The molecule has 0 bridgehead atoms. The smallest absolute Gasteiger partial charge is 0.150 e. The summed E-state index contributed by atoms with van der Waals surface area (Å²) in [7, 11) is 0. The highest BCUT2D eigenvalue weighted by molar-refractivity contribution is 7.98. The van der Waals surface area contributed by atoms with Crippen molar-refractivity contribution in [2.45, 2.75) is 30.2 Å². The molecule has 19 heavy (non-hydrogen) atoms. The van der Waals surface area contributed by atoms with Crippen LogP contribution in [0.25, 0.3) is 0 Å². The maximum Gasteiger partial charge on any atom is 0.150 e. The fraction of sp³-hybridized carbons (Fsp3) is 0.357. The van der Waals surface area contributed by atoms with Crippen LogP contribution in [0.15, 0.2) is 34.5 Å². The van der Waals surface area contributed by atoms with Crippen LogP contribution in [0, 0.1) is 0 Å². The Morgan fingerprint density at radius 2 is 2.11 bits per heavy atom. The summed E-state index contributed by atoms with van der Waals surface area (Å²) in [5.41, 5.74) is 0.918. The average Bonchev–Trinajstić information content (AvgIpc) is 2.94. The van der Waals surface area contributed by atoms with Gasteiger partial charge in [0.15, 0.2) is 0 Å². The van der Waals surface area contributed by atoms with Gasteiger partial charge in [-0.2, -0.15) is 0 Å². The molecule has 0 spiro atoms. The van der Waals surface area contributed by atoms with Crippen molar-refractivity contribution in [3.05, 3.63) is 40.3 Å². The molecular weight excluding hydrogens is 298 g/mol. The van der Waals surface area contributed by atoms with E-state index < -0.39 is 0 Å². The van der Waals surface area contributed by atoms with Crippen LogP contribution in [0.5, 0.6) is 5.75 Å². The number of nitrogens with zero attached hydrogens (tertiary/aromatic N) is 1. The van der Waals surface area contributed by atoms with Crippen molar-refractivity contribution < 1.29 is 4.74 Å². The highest BCUT2D eigenvalue weighted by Gasteiger charge is 2.15. The summed E-state index contributed by atoms with van der Waals surface area (Å²) in [6, 6.07) is 8.15. The van der Waals surface area contributed by atoms with Crippen LogP contribution in [0.2, 0.25) is 0 Å². The van der Waals surface area contributed by atoms with Gasteiger partial charge in [0.2, 0.25) is 0 Å². The first-order chi connectivity index (χ1) is 9.26. The molecule has 102 valence electrons. The minimum Gasteiger partial charge on any atom is -0.483 e. The molecule has 0 aliphatic heterocycles. The van der Waals surface area contributed by atoms with Crippen LogP contribution in [-0.2, 0) is 5.88 Å². The molecule has 2 rings (SSSR count). The summed E-state index contributed by atoms with van der Waals surface area (Å²) < 4.78 is 6.00. The van der Waals surface area contributed by atoms with E-state index >= 15 is 0 Å². The van der Waals surface area contributed by atoms with E-state index in [0.29, 0.717) is 5.88 Å². The molecule has 0 radical (unpaired) electrons. The van der Waals surface area contributed by atoms with Crippen LogP contribution in [-0.4, -0.2) is 11.2 Å². The van der Waals surface area contributed by atoms with E-state index in [1.54, 1.807) is 23.1 Å². The summed E-state index contributed by atoms with van der Waals surface area (Å²) >= 11 is 9.12. The zero-order valence-corrected chi connectivity index (χ0v) is 13.3. The minimum absolute atomic E-state index is 0.00194. The van der Waals surface area contributed by atoms with Crippen molar-refractivity contribution in [3.8, 4) is 5.75 Å². The van der Waals surface area contributed by atoms with Crippen LogP contribution in [0.3, 0.4) is 0 Å². The second kappa shape index (κ2) is 7.17. The zero-order chi connectivity index (χ0) is 13.7. The first-order valence-electron chi connectivity index (χ1n) is 6.07. The third-order valence-electron chi connectivity index (χ3n) is 2.69. The molecule has 0 aliphatic carbocycles. The predicted molar refractivity (Wildman–Crippen MR) is 83.6 cm³/mol.